The highest BCUT2D eigenvalue weighted by atomic mass is 32.2. The second-order valence-corrected chi connectivity index (χ2v) is 9.80. The van der Waals surface area contributed by atoms with Gasteiger partial charge in [0.1, 0.15) is 5.60 Å². The van der Waals surface area contributed by atoms with Crippen molar-refractivity contribution in [3.63, 3.8) is 0 Å². The molecule has 0 atom stereocenters. The molecule has 0 bridgehead atoms. The first-order valence-electron chi connectivity index (χ1n) is 9.82. The van der Waals surface area contributed by atoms with Crippen LogP contribution in [0.1, 0.15) is 39.2 Å². The summed E-state index contributed by atoms with van der Waals surface area (Å²) in [5.74, 6) is 0. The number of nitrogens with one attached hydrogen (secondary N) is 1. The number of rotatable bonds is 3. The molecule has 2 heterocycles. The Morgan fingerprint density at radius 3 is 2.14 bits per heavy atom. The molecule has 0 spiro atoms. The Labute approximate surface area is 173 Å². The molecule has 0 aliphatic carbocycles. The van der Waals surface area contributed by atoms with E-state index in [0.717, 1.165) is 31.5 Å². The van der Waals surface area contributed by atoms with Gasteiger partial charge in [-0.2, -0.15) is 8.42 Å². The molecule has 0 aromatic heterocycles. The molecule has 2 N–H and O–H groups in total. The highest BCUT2D eigenvalue weighted by Gasteiger charge is 2.35. The van der Waals surface area contributed by atoms with Crippen LogP contribution in [0.2, 0.25) is 0 Å². The molecule has 2 fully saturated rings. The van der Waals surface area contributed by atoms with Gasteiger partial charge < -0.3 is 19.7 Å². The predicted molar refractivity (Wildman–Crippen MR) is 110 cm³/mol. The second-order valence-electron chi connectivity index (χ2n) is 8.38. The molecule has 0 radical (unpaired) electrons. The summed E-state index contributed by atoms with van der Waals surface area (Å²) in [6.45, 7) is 10.9. The number of hydrogen-bond donors (Lipinski definition) is 2. The molecule has 164 valence electrons. The Morgan fingerprint density at radius 1 is 1.10 bits per heavy atom. The van der Waals surface area contributed by atoms with Crippen LogP contribution in [0.25, 0.3) is 0 Å². The Balaban J connectivity index is 0.000000234. The average molecular weight is 429 g/mol. The largest absolute Gasteiger partial charge is 0.444 e. The predicted octanol–water partition coefficient (Wildman–Crippen LogP) is 2.62. The maximum atomic E-state index is 11.7. The van der Waals surface area contributed by atoms with Crippen molar-refractivity contribution < 1.29 is 27.2 Å². The van der Waals surface area contributed by atoms with Crippen LogP contribution in [0.4, 0.5) is 4.79 Å². The Morgan fingerprint density at radius 2 is 1.66 bits per heavy atom. The van der Waals surface area contributed by atoms with E-state index in [4.69, 9.17) is 14.0 Å². The smallest absolute Gasteiger partial charge is 0.410 e. The molecule has 0 saturated carbocycles. The number of benzene rings is 1. The van der Waals surface area contributed by atoms with E-state index in [1.54, 1.807) is 17.0 Å². The Kier molecular flexibility index (Phi) is 8.04. The first kappa shape index (κ1) is 23.6. The fraction of sp³-hybridized carbons (Fsp3) is 0.650. The van der Waals surface area contributed by atoms with Crippen molar-refractivity contribution in [2.75, 3.05) is 26.2 Å². The van der Waals surface area contributed by atoms with E-state index >= 15 is 0 Å². The van der Waals surface area contributed by atoms with Crippen molar-refractivity contribution in [3.05, 3.63) is 29.8 Å². The minimum atomic E-state index is -4.02. The normalized spacial score (nSPS) is 18.4. The zero-order valence-electron chi connectivity index (χ0n) is 17.6. The monoisotopic (exact) mass is 428 g/mol. The van der Waals surface area contributed by atoms with Crippen molar-refractivity contribution in [3.8, 4) is 0 Å². The zero-order chi connectivity index (χ0) is 21.7. The number of hydrogen-bond acceptors (Lipinski definition) is 6. The van der Waals surface area contributed by atoms with Crippen LogP contribution >= 0.6 is 0 Å². The third kappa shape index (κ3) is 8.30. The first-order chi connectivity index (χ1) is 13.4. The van der Waals surface area contributed by atoms with Crippen LogP contribution in [0.5, 0.6) is 0 Å². The van der Waals surface area contributed by atoms with E-state index in [-0.39, 0.29) is 17.1 Å². The van der Waals surface area contributed by atoms with Gasteiger partial charge in [-0.05, 0) is 65.8 Å². The molecule has 1 amide bonds. The van der Waals surface area contributed by atoms with E-state index in [1.807, 2.05) is 27.7 Å². The number of likely N-dealkylation sites (tertiary alicyclic amines) is 1. The minimum Gasteiger partial charge on any atom is -0.444 e. The highest BCUT2D eigenvalue weighted by Crippen LogP contribution is 2.20. The van der Waals surface area contributed by atoms with E-state index in [0.29, 0.717) is 19.2 Å². The van der Waals surface area contributed by atoms with E-state index in [9.17, 15) is 13.2 Å². The second kappa shape index (κ2) is 9.88. The Bertz CT molecular complexity index is 761. The summed E-state index contributed by atoms with van der Waals surface area (Å²) in [4.78, 5) is 13.4. The van der Waals surface area contributed by atoms with Crippen LogP contribution in [-0.4, -0.2) is 68.0 Å². The van der Waals surface area contributed by atoms with Crippen LogP contribution in [0.15, 0.2) is 29.2 Å². The van der Waals surface area contributed by atoms with Gasteiger partial charge in [0.05, 0.1) is 30.2 Å². The topological polar surface area (TPSA) is 105 Å². The van der Waals surface area contributed by atoms with Gasteiger partial charge in [0.2, 0.25) is 0 Å². The van der Waals surface area contributed by atoms with Crippen LogP contribution < -0.4 is 5.32 Å². The first-order valence-corrected chi connectivity index (χ1v) is 11.3. The number of amides is 1. The molecular weight excluding hydrogens is 396 g/mol. The van der Waals surface area contributed by atoms with E-state index < -0.39 is 15.7 Å². The summed E-state index contributed by atoms with van der Waals surface area (Å²) in [7, 11) is -4.02. The maximum Gasteiger partial charge on any atom is 0.410 e. The summed E-state index contributed by atoms with van der Waals surface area (Å²) in [5, 5.41) is 3.31. The standard InChI is InChI=1S/C13H24N2O3.C7H8O3S/c1-13(2,3)18-12(16)15-8-11(9-15)17-10-4-6-14-7-5-10;1-6-2-4-7(5-3-6)11(8,9)10/h10-11,14H,4-9H2,1-3H3;2-5H,1H3,(H,8,9,10). The number of carbonyl (C=O) groups excluding carboxylic acids is 1. The molecular formula is C20H32N2O6S. The maximum absolute atomic E-state index is 11.7. The van der Waals surface area contributed by atoms with Gasteiger partial charge >= 0.3 is 6.09 Å². The fourth-order valence-electron chi connectivity index (χ4n) is 2.91. The lowest BCUT2D eigenvalue weighted by Crippen LogP contribution is -2.57. The molecule has 8 nitrogen and oxygen atoms in total. The number of piperidine rings is 1. The van der Waals surface area contributed by atoms with Gasteiger partial charge in [-0.1, -0.05) is 17.7 Å². The van der Waals surface area contributed by atoms with Gasteiger partial charge in [-0.3, -0.25) is 4.55 Å². The third-order valence-corrected chi connectivity index (χ3v) is 5.36. The van der Waals surface area contributed by atoms with Crippen molar-refractivity contribution >= 4 is 16.2 Å². The summed E-state index contributed by atoms with van der Waals surface area (Å²) < 4.78 is 40.8. The molecule has 2 aliphatic rings. The summed E-state index contributed by atoms with van der Waals surface area (Å²) >= 11 is 0. The summed E-state index contributed by atoms with van der Waals surface area (Å²) in [6.07, 6.45) is 2.47. The number of ether oxygens (including phenoxy) is 2. The molecule has 29 heavy (non-hydrogen) atoms. The SMILES string of the molecule is CC(C)(C)OC(=O)N1CC(OC2CCNCC2)C1.Cc1ccc(S(=O)(=O)O)cc1. The highest BCUT2D eigenvalue weighted by molar-refractivity contribution is 7.85. The number of carbonyl (C=O) groups is 1. The minimum absolute atomic E-state index is 0.0666. The summed E-state index contributed by atoms with van der Waals surface area (Å²) in [5.41, 5.74) is 0.537. The van der Waals surface area contributed by atoms with Crippen molar-refractivity contribution in [1.82, 2.24) is 10.2 Å². The fourth-order valence-corrected chi connectivity index (χ4v) is 3.39. The lowest BCUT2D eigenvalue weighted by molar-refractivity contribution is -0.0994. The lowest BCUT2D eigenvalue weighted by atomic mass is 10.1. The Hall–Kier alpha value is -1.68. The van der Waals surface area contributed by atoms with Gasteiger partial charge in [0.25, 0.3) is 10.1 Å². The molecule has 1 aromatic carbocycles. The van der Waals surface area contributed by atoms with Crippen molar-refractivity contribution in [2.45, 2.75) is 63.2 Å². The van der Waals surface area contributed by atoms with Gasteiger partial charge in [-0.25, -0.2) is 4.79 Å². The molecule has 0 unspecified atom stereocenters. The van der Waals surface area contributed by atoms with E-state index in [1.165, 1.54) is 12.1 Å². The van der Waals surface area contributed by atoms with Crippen LogP contribution in [-0.2, 0) is 19.6 Å². The number of aryl methyl sites for hydroxylation is 1. The quantitative estimate of drug-likeness (QED) is 0.713. The number of nitrogens with zero attached hydrogens (tertiary/aromatic N) is 1. The van der Waals surface area contributed by atoms with Crippen LogP contribution in [0.3, 0.4) is 0 Å². The zero-order valence-corrected chi connectivity index (χ0v) is 18.4. The van der Waals surface area contributed by atoms with Crippen molar-refractivity contribution in [1.29, 1.82) is 0 Å². The van der Waals surface area contributed by atoms with Crippen molar-refractivity contribution in [2.24, 2.45) is 0 Å². The van der Waals surface area contributed by atoms with Gasteiger partial charge in [-0.15, -0.1) is 0 Å². The average Bonchev–Trinajstić information content (AvgIpc) is 2.57. The van der Waals surface area contributed by atoms with Crippen LogP contribution in [0, 0.1) is 6.92 Å². The molecule has 3 rings (SSSR count). The molecule has 2 saturated heterocycles. The molecule has 9 heteroatoms. The van der Waals surface area contributed by atoms with E-state index in [2.05, 4.69) is 5.32 Å². The third-order valence-electron chi connectivity index (χ3n) is 4.49. The molecule has 1 aromatic rings. The molecule has 2 aliphatic heterocycles. The summed E-state index contributed by atoms with van der Waals surface area (Å²) in [6, 6.07) is 5.99. The lowest BCUT2D eigenvalue weighted by Gasteiger charge is -2.41. The van der Waals surface area contributed by atoms with Gasteiger partial charge in [0.15, 0.2) is 0 Å². The van der Waals surface area contributed by atoms with Gasteiger partial charge in [0, 0.05) is 0 Å².